The number of benzene rings is 1. The number of carbonyl (C=O) groups excluding carboxylic acids is 1. The van der Waals surface area contributed by atoms with Gasteiger partial charge in [0.25, 0.3) is 15.9 Å². The summed E-state index contributed by atoms with van der Waals surface area (Å²) in [6, 6.07) is 6.90. The number of nitrogens with zero attached hydrogens (tertiary/aromatic N) is 1. The smallest absolute Gasteiger partial charge is 0.291 e. The molecule has 0 saturated carbocycles. The molecule has 2 N–H and O–H groups in total. The van der Waals surface area contributed by atoms with Crippen LogP contribution in [0.3, 0.4) is 0 Å². The maximum atomic E-state index is 12.6. The molecule has 0 aliphatic carbocycles. The van der Waals surface area contributed by atoms with Gasteiger partial charge in [-0.3, -0.25) is 9.52 Å². The molecule has 0 unspecified atom stereocenters. The van der Waals surface area contributed by atoms with E-state index in [1.54, 1.807) is 0 Å². The minimum Gasteiger partial charge on any atom is -0.494 e. The maximum absolute atomic E-state index is 12.6. The fraction of sp³-hybridized carbons (Fsp3) is 0.389. The van der Waals surface area contributed by atoms with Crippen LogP contribution in [0.15, 0.2) is 39.8 Å². The summed E-state index contributed by atoms with van der Waals surface area (Å²) in [6.45, 7) is 0.858. The van der Waals surface area contributed by atoms with Gasteiger partial charge in [-0.15, -0.1) is 0 Å². The molecular weight excluding hydrogens is 434 g/mol. The number of carbonyl (C=O) groups is 1. The minimum absolute atomic E-state index is 0.164. The molecule has 1 aliphatic heterocycles. The monoisotopic (exact) mass is 457 g/mol. The fourth-order valence-electron chi connectivity index (χ4n) is 3.06. The number of methoxy groups -OCH3 is 1. The number of piperidine rings is 1. The quantitative estimate of drug-likeness (QED) is 0.650. The Morgan fingerprint density at radius 1 is 1.07 bits per heavy atom. The van der Waals surface area contributed by atoms with Crippen molar-refractivity contribution < 1.29 is 30.8 Å². The van der Waals surface area contributed by atoms with Crippen LogP contribution in [0.5, 0.6) is 5.75 Å². The third-order valence-electron chi connectivity index (χ3n) is 4.47. The molecule has 1 aromatic carbocycles. The van der Waals surface area contributed by atoms with Crippen molar-refractivity contribution in [2.24, 2.45) is 0 Å². The molecule has 1 aromatic heterocycles. The lowest BCUT2D eigenvalue weighted by Crippen LogP contribution is -2.35. The number of rotatable bonds is 7. The molecule has 12 heteroatoms. The summed E-state index contributed by atoms with van der Waals surface area (Å²) < 4.78 is 62.2. The van der Waals surface area contributed by atoms with Gasteiger partial charge in [0.15, 0.2) is 5.76 Å². The number of amides is 1. The first-order valence-corrected chi connectivity index (χ1v) is 12.5. The van der Waals surface area contributed by atoms with Gasteiger partial charge in [0.1, 0.15) is 5.75 Å². The van der Waals surface area contributed by atoms with Crippen molar-refractivity contribution in [1.29, 1.82) is 0 Å². The summed E-state index contributed by atoms with van der Waals surface area (Å²) >= 11 is 0. The molecular formula is C18H23N3O7S2. The molecule has 0 bridgehead atoms. The van der Waals surface area contributed by atoms with E-state index in [9.17, 15) is 21.6 Å². The van der Waals surface area contributed by atoms with Crippen LogP contribution in [0, 0.1) is 0 Å². The van der Waals surface area contributed by atoms with Crippen molar-refractivity contribution in [3.05, 3.63) is 36.1 Å². The van der Waals surface area contributed by atoms with E-state index in [4.69, 9.17) is 9.15 Å². The number of sulfonamides is 2. The van der Waals surface area contributed by atoms with Crippen LogP contribution in [0.2, 0.25) is 0 Å². The average Bonchev–Trinajstić information content (AvgIpc) is 3.20. The first-order chi connectivity index (χ1) is 14.1. The molecule has 1 amide bonds. The highest BCUT2D eigenvalue weighted by atomic mass is 32.2. The minimum atomic E-state index is -3.78. The number of hydrogen-bond acceptors (Lipinski definition) is 7. The van der Waals surface area contributed by atoms with Crippen LogP contribution >= 0.6 is 0 Å². The van der Waals surface area contributed by atoms with E-state index in [-0.39, 0.29) is 22.3 Å². The van der Waals surface area contributed by atoms with Gasteiger partial charge in [0.05, 0.1) is 19.1 Å². The highest BCUT2D eigenvalue weighted by Crippen LogP contribution is 2.29. The van der Waals surface area contributed by atoms with Crippen molar-refractivity contribution >= 4 is 37.3 Å². The van der Waals surface area contributed by atoms with Crippen LogP contribution in [0.25, 0.3) is 0 Å². The van der Waals surface area contributed by atoms with E-state index in [1.165, 1.54) is 41.7 Å². The number of nitrogens with one attached hydrogen (secondary N) is 2. The predicted molar refractivity (Wildman–Crippen MR) is 111 cm³/mol. The average molecular weight is 458 g/mol. The summed E-state index contributed by atoms with van der Waals surface area (Å²) in [5.41, 5.74) is 0.527. The second kappa shape index (κ2) is 8.66. The fourth-order valence-corrected chi connectivity index (χ4v) is 5.06. The van der Waals surface area contributed by atoms with E-state index in [0.717, 1.165) is 25.5 Å². The Morgan fingerprint density at radius 3 is 2.40 bits per heavy atom. The zero-order valence-corrected chi connectivity index (χ0v) is 18.2. The summed E-state index contributed by atoms with van der Waals surface area (Å²) in [5, 5.41) is 2.29. The van der Waals surface area contributed by atoms with Gasteiger partial charge in [-0.25, -0.2) is 16.8 Å². The Balaban J connectivity index is 1.75. The van der Waals surface area contributed by atoms with Gasteiger partial charge < -0.3 is 14.5 Å². The molecule has 1 aliphatic rings. The van der Waals surface area contributed by atoms with Crippen LogP contribution in [0.4, 0.5) is 11.4 Å². The van der Waals surface area contributed by atoms with E-state index in [1.807, 2.05) is 0 Å². The second-order valence-electron chi connectivity index (χ2n) is 6.83. The lowest BCUT2D eigenvalue weighted by molar-refractivity contribution is 0.0991. The molecule has 1 fully saturated rings. The third kappa shape index (κ3) is 5.12. The molecule has 164 valence electrons. The topological polar surface area (TPSA) is 135 Å². The summed E-state index contributed by atoms with van der Waals surface area (Å²) in [5.74, 6) is -0.616. The van der Waals surface area contributed by atoms with Crippen molar-refractivity contribution in [3.8, 4) is 5.75 Å². The zero-order valence-electron chi connectivity index (χ0n) is 16.5. The second-order valence-corrected chi connectivity index (χ2v) is 10.4. The lowest BCUT2D eigenvalue weighted by Gasteiger charge is -2.24. The normalized spacial score (nSPS) is 15.5. The first kappa shape index (κ1) is 22.1. The summed E-state index contributed by atoms with van der Waals surface area (Å²) in [7, 11) is -5.92. The van der Waals surface area contributed by atoms with E-state index in [2.05, 4.69) is 10.0 Å². The van der Waals surface area contributed by atoms with Gasteiger partial charge in [-0.2, -0.15) is 4.31 Å². The largest absolute Gasteiger partial charge is 0.494 e. The van der Waals surface area contributed by atoms with Gasteiger partial charge >= 0.3 is 0 Å². The Morgan fingerprint density at radius 2 is 1.77 bits per heavy atom. The van der Waals surface area contributed by atoms with E-state index in [0.29, 0.717) is 18.8 Å². The highest BCUT2D eigenvalue weighted by Gasteiger charge is 2.29. The summed E-state index contributed by atoms with van der Waals surface area (Å²) in [6.07, 6.45) is 3.58. The maximum Gasteiger partial charge on any atom is 0.291 e. The van der Waals surface area contributed by atoms with Crippen LogP contribution in [0.1, 0.15) is 29.8 Å². The first-order valence-electron chi connectivity index (χ1n) is 9.17. The highest BCUT2D eigenvalue weighted by molar-refractivity contribution is 7.92. The van der Waals surface area contributed by atoms with Crippen LogP contribution in [-0.2, 0) is 20.0 Å². The third-order valence-corrected chi connectivity index (χ3v) is 6.83. The van der Waals surface area contributed by atoms with Crippen molar-refractivity contribution in [3.63, 3.8) is 0 Å². The van der Waals surface area contributed by atoms with Gasteiger partial charge in [-0.05, 0) is 37.1 Å². The van der Waals surface area contributed by atoms with Crippen molar-refractivity contribution in [2.75, 3.05) is 36.5 Å². The molecule has 1 saturated heterocycles. The Hall–Kier alpha value is -2.57. The Labute approximate surface area is 175 Å². The van der Waals surface area contributed by atoms with Crippen molar-refractivity contribution in [1.82, 2.24) is 4.31 Å². The molecule has 0 spiro atoms. The lowest BCUT2D eigenvalue weighted by atomic mass is 10.2. The predicted octanol–water partition coefficient (Wildman–Crippen LogP) is 2.09. The molecule has 10 nitrogen and oxygen atoms in total. The van der Waals surface area contributed by atoms with Crippen LogP contribution in [-0.4, -0.2) is 53.5 Å². The van der Waals surface area contributed by atoms with E-state index < -0.39 is 26.0 Å². The number of furan rings is 1. The summed E-state index contributed by atoms with van der Waals surface area (Å²) in [4.78, 5) is 12.5. The number of anilines is 2. The van der Waals surface area contributed by atoms with Gasteiger partial charge in [0, 0.05) is 24.8 Å². The molecule has 30 heavy (non-hydrogen) atoms. The van der Waals surface area contributed by atoms with Gasteiger partial charge in [0.2, 0.25) is 15.1 Å². The molecule has 0 atom stereocenters. The standard InChI is InChI=1S/C18H23N3O7S2/c1-27-16-12-13(6-7-14(16)20-29(2,23)24)19-18(22)15-8-9-17(28-15)30(25,26)21-10-4-3-5-11-21/h6-9,12,20H,3-5,10-11H2,1-2H3,(H,19,22). The number of hydrogen-bond donors (Lipinski definition) is 2. The zero-order chi connectivity index (χ0) is 21.9. The van der Waals surface area contributed by atoms with Crippen LogP contribution < -0.4 is 14.8 Å². The molecule has 2 aromatic rings. The van der Waals surface area contributed by atoms with E-state index >= 15 is 0 Å². The van der Waals surface area contributed by atoms with Crippen molar-refractivity contribution in [2.45, 2.75) is 24.4 Å². The molecule has 0 radical (unpaired) electrons. The Kier molecular flexibility index (Phi) is 6.38. The number of ether oxygens (including phenoxy) is 1. The van der Waals surface area contributed by atoms with Gasteiger partial charge in [-0.1, -0.05) is 6.42 Å². The molecule has 2 heterocycles. The Bertz CT molecular complexity index is 1130. The molecule has 3 rings (SSSR count). The SMILES string of the molecule is COc1cc(NC(=O)c2ccc(S(=O)(=O)N3CCCCC3)o2)ccc1NS(C)(=O)=O.